The number of nitrogens with zero attached hydrogens (tertiary/aromatic N) is 3. The molecular weight excluding hydrogens is 754 g/mol. The molecule has 2 aliphatic rings. The summed E-state index contributed by atoms with van der Waals surface area (Å²) in [6, 6.07) is 0. The Labute approximate surface area is 320 Å². The molecule has 0 bridgehead atoms. The van der Waals surface area contributed by atoms with Gasteiger partial charge < -0.3 is 56.9 Å². The SMILES string of the molecule is CO[C@H]1O[C@H](Cn2cc(CCO[C@@H]3O[C@H](COC(C)=O)[C@@H](OC(C)=O)[C@H](OC(C)=O)[C@H]3OC(C)=O)nn2)[C@@H](OC(=O)CCC(C)=O)[C@H](OC(C)=O)[C@H]1OC(C)=O. The number of ketones is 1. The largest absolute Gasteiger partial charge is 0.463 e. The topological polar surface area (TPSA) is 269 Å². The maximum Gasteiger partial charge on any atom is 0.306 e. The molecule has 2 saturated heterocycles. The third-order valence-electron chi connectivity index (χ3n) is 7.92. The highest BCUT2D eigenvalue weighted by atomic mass is 16.7. The average Bonchev–Trinajstić information content (AvgIpc) is 3.53. The number of aromatic nitrogens is 3. The van der Waals surface area contributed by atoms with Gasteiger partial charge in [-0.15, -0.1) is 5.10 Å². The number of carbonyl (C=O) groups excluding carboxylic acids is 8. The molecule has 0 saturated carbocycles. The third kappa shape index (κ3) is 13.9. The van der Waals surface area contributed by atoms with Crippen LogP contribution in [0.2, 0.25) is 0 Å². The van der Waals surface area contributed by atoms with E-state index in [1.54, 1.807) is 0 Å². The van der Waals surface area contributed by atoms with Gasteiger partial charge in [-0.3, -0.25) is 33.6 Å². The minimum absolute atomic E-state index is 0.0626. The van der Waals surface area contributed by atoms with Crippen LogP contribution in [0.25, 0.3) is 0 Å². The van der Waals surface area contributed by atoms with Gasteiger partial charge in [0.15, 0.2) is 49.2 Å². The van der Waals surface area contributed by atoms with E-state index in [-0.39, 0.29) is 38.2 Å². The second-order valence-electron chi connectivity index (χ2n) is 12.7. The second kappa shape index (κ2) is 21.3. The summed E-state index contributed by atoms with van der Waals surface area (Å²) in [7, 11) is 1.27. The van der Waals surface area contributed by atoms with Gasteiger partial charge in [0, 0.05) is 67.7 Å². The minimum atomic E-state index is -1.43. The van der Waals surface area contributed by atoms with Crippen LogP contribution in [-0.4, -0.2) is 144 Å². The summed E-state index contributed by atoms with van der Waals surface area (Å²) in [5, 5.41) is 8.23. The number of Topliss-reactive ketones (excluding diaryl/α,β-unsaturated/α-hetero) is 1. The molecule has 2 aliphatic heterocycles. The maximum absolute atomic E-state index is 12.8. The van der Waals surface area contributed by atoms with E-state index in [1.807, 2.05) is 0 Å². The fourth-order valence-corrected chi connectivity index (χ4v) is 5.82. The van der Waals surface area contributed by atoms with E-state index in [0.29, 0.717) is 5.69 Å². The fraction of sp³-hybridized carbons (Fsp3) is 0.706. The summed E-state index contributed by atoms with van der Waals surface area (Å²) in [6.07, 6.45) is -12.2. The second-order valence-corrected chi connectivity index (χ2v) is 12.7. The molecule has 10 atom stereocenters. The van der Waals surface area contributed by atoms with Crippen LogP contribution in [0.1, 0.15) is 67.0 Å². The lowest BCUT2D eigenvalue weighted by molar-refractivity contribution is -0.307. The van der Waals surface area contributed by atoms with E-state index < -0.39 is 110 Å². The monoisotopic (exact) mass is 801 g/mol. The summed E-state index contributed by atoms with van der Waals surface area (Å²) < 4.78 is 62.4. The third-order valence-corrected chi connectivity index (χ3v) is 7.92. The predicted octanol–water partition coefficient (Wildman–Crippen LogP) is -0.564. The Hall–Kier alpha value is -5.06. The number of carbonyl (C=O) groups is 8. The van der Waals surface area contributed by atoms with E-state index in [2.05, 4.69) is 10.3 Å². The van der Waals surface area contributed by atoms with Crippen molar-refractivity contribution in [1.29, 1.82) is 0 Å². The molecule has 0 amide bonds. The molecule has 0 spiro atoms. The summed E-state index contributed by atoms with van der Waals surface area (Å²) in [6.45, 7) is 7.21. The van der Waals surface area contributed by atoms with Crippen LogP contribution in [0, 0.1) is 0 Å². The summed E-state index contributed by atoms with van der Waals surface area (Å²) in [5.41, 5.74) is 0.346. The van der Waals surface area contributed by atoms with E-state index in [4.69, 9.17) is 52.1 Å². The van der Waals surface area contributed by atoms with E-state index in [9.17, 15) is 38.4 Å². The standard InChI is InChI=1S/C34H47N3O19/c1-16(38)9-10-26(45)56-27-24(54-33(46-8)31(52-21(6)43)29(27)50-19(4)41)14-37-13-23(35-36-37)11-12-47-34-32(53-22(7)44)30(51-20(5)42)28(49-18(3)40)25(55-34)15-48-17(2)39/h13,24-25,27-34H,9-12,14-15H2,1-8H3/t24-,25-,27-,28-,29+,30+,31-,32-,33+,34-/m1/s1. The predicted molar refractivity (Wildman–Crippen MR) is 178 cm³/mol. The van der Waals surface area contributed by atoms with Gasteiger partial charge in [-0.05, 0) is 6.92 Å². The molecule has 3 rings (SSSR count). The van der Waals surface area contributed by atoms with Crippen molar-refractivity contribution in [2.75, 3.05) is 20.3 Å². The number of rotatable bonds is 18. The Bertz CT molecular complexity index is 1580. The van der Waals surface area contributed by atoms with Gasteiger partial charge in [0.05, 0.1) is 25.3 Å². The molecule has 312 valence electrons. The average molecular weight is 802 g/mol. The fourth-order valence-electron chi connectivity index (χ4n) is 5.82. The summed E-state index contributed by atoms with van der Waals surface area (Å²) in [5.74, 6) is -5.69. The molecule has 0 radical (unpaired) electrons. The van der Waals surface area contributed by atoms with E-state index >= 15 is 0 Å². The molecular formula is C34H47N3O19. The summed E-state index contributed by atoms with van der Waals surface area (Å²) >= 11 is 0. The highest BCUT2D eigenvalue weighted by Gasteiger charge is 2.54. The highest BCUT2D eigenvalue weighted by molar-refractivity contribution is 5.81. The van der Waals surface area contributed by atoms with Crippen molar-refractivity contribution in [2.24, 2.45) is 0 Å². The molecule has 3 heterocycles. The molecule has 56 heavy (non-hydrogen) atoms. The molecule has 0 N–H and O–H groups in total. The van der Waals surface area contributed by atoms with Crippen LogP contribution in [0.5, 0.6) is 0 Å². The zero-order valence-corrected chi connectivity index (χ0v) is 32.2. The van der Waals surface area contributed by atoms with Crippen molar-refractivity contribution in [3.63, 3.8) is 0 Å². The molecule has 1 aromatic rings. The number of esters is 7. The van der Waals surface area contributed by atoms with E-state index in [0.717, 1.165) is 41.5 Å². The van der Waals surface area contributed by atoms with Crippen LogP contribution < -0.4 is 0 Å². The van der Waals surface area contributed by atoms with Gasteiger partial charge in [0.1, 0.15) is 24.6 Å². The van der Waals surface area contributed by atoms with Gasteiger partial charge >= 0.3 is 41.8 Å². The lowest BCUT2D eigenvalue weighted by atomic mass is 9.97. The van der Waals surface area contributed by atoms with Crippen LogP contribution >= 0.6 is 0 Å². The van der Waals surface area contributed by atoms with Crippen molar-refractivity contribution >= 4 is 47.6 Å². The van der Waals surface area contributed by atoms with Gasteiger partial charge in [-0.2, -0.15) is 0 Å². The smallest absolute Gasteiger partial charge is 0.306 e. The molecule has 1 aromatic heterocycles. The van der Waals surface area contributed by atoms with Crippen LogP contribution in [-0.2, 0) is 103 Å². The first-order valence-corrected chi connectivity index (χ1v) is 17.4. The molecule has 22 heteroatoms. The van der Waals surface area contributed by atoms with Crippen molar-refractivity contribution in [3.05, 3.63) is 11.9 Å². The molecule has 0 aliphatic carbocycles. The van der Waals surface area contributed by atoms with Crippen molar-refractivity contribution in [2.45, 2.75) is 136 Å². The van der Waals surface area contributed by atoms with Crippen molar-refractivity contribution in [1.82, 2.24) is 15.0 Å². The maximum atomic E-state index is 12.8. The van der Waals surface area contributed by atoms with Crippen molar-refractivity contribution < 1.29 is 90.5 Å². The summed E-state index contributed by atoms with van der Waals surface area (Å²) in [4.78, 5) is 96.3. The zero-order valence-electron chi connectivity index (χ0n) is 32.2. The first-order valence-electron chi connectivity index (χ1n) is 17.4. The number of methoxy groups -OCH3 is 1. The molecule has 0 aromatic carbocycles. The van der Waals surface area contributed by atoms with Crippen LogP contribution in [0.4, 0.5) is 0 Å². The molecule has 0 unspecified atom stereocenters. The van der Waals surface area contributed by atoms with Crippen LogP contribution in [0.15, 0.2) is 6.20 Å². The first kappa shape index (κ1) is 45.3. The Kier molecular flexibility index (Phi) is 17.2. The van der Waals surface area contributed by atoms with E-state index in [1.165, 1.54) is 24.9 Å². The minimum Gasteiger partial charge on any atom is -0.463 e. The number of ether oxygens (including phenoxy) is 11. The Morgan fingerprint density at radius 1 is 0.625 bits per heavy atom. The van der Waals surface area contributed by atoms with Gasteiger partial charge in [0.2, 0.25) is 0 Å². The van der Waals surface area contributed by atoms with Crippen molar-refractivity contribution in [3.8, 4) is 0 Å². The normalized spacial score (nSPS) is 27.2. The first-order chi connectivity index (χ1) is 26.4. The number of hydrogen-bond acceptors (Lipinski definition) is 21. The van der Waals surface area contributed by atoms with Crippen LogP contribution in [0.3, 0.4) is 0 Å². The molecule has 22 nitrogen and oxygen atoms in total. The zero-order chi connectivity index (χ0) is 41.7. The van der Waals surface area contributed by atoms with Gasteiger partial charge in [-0.1, -0.05) is 5.21 Å². The Morgan fingerprint density at radius 2 is 1.12 bits per heavy atom. The van der Waals surface area contributed by atoms with Gasteiger partial charge in [0.25, 0.3) is 0 Å². The highest BCUT2D eigenvalue weighted by Crippen LogP contribution is 2.32. The van der Waals surface area contributed by atoms with Gasteiger partial charge in [-0.25, -0.2) is 4.68 Å². The Balaban J connectivity index is 1.83. The lowest BCUT2D eigenvalue weighted by Gasteiger charge is -2.44. The number of hydrogen-bond donors (Lipinski definition) is 0. The lowest BCUT2D eigenvalue weighted by Crippen LogP contribution is -2.63. The Morgan fingerprint density at radius 3 is 1.64 bits per heavy atom. The molecule has 2 fully saturated rings. The quantitative estimate of drug-likeness (QED) is 0.133.